The maximum Gasteiger partial charge on any atom is 0.113 e. The van der Waals surface area contributed by atoms with E-state index >= 15 is 0 Å². The number of aliphatic hydroxyl groups excluding tert-OH is 4. The zero-order chi connectivity index (χ0) is 17.8. The minimum Gasteiger partial charge on any atom is -0.394 e. The van der Waals surface area contributed by atoms with E-state index in [1.807, 2.05) is 30.3 Å². The predicted octanol–water partition coefficient (Wildman–Crippen LogP) is 0.601. The van der Waals surface area contributed by atoms with Crippen LogP contribution in [0.2, 0.25) is 0 Å². The maximum atomic E-state index is 10.2. The summed E-state index contributed by atoms with van der Waals surface area (Å²) in [7, 11) is 0. The summed E-state index contributed by atoms with van der Waals surface area (Å²) in [6.45, 7) is -0.442. The van der Waals surface area contributed by atoms with Gasteiger partial charge in [-0.05, 0) is 29.8 Å². The Kier molecular flexibility index (Phi) is 5.49. The van der Waals surface area contributed by atoms with Crippen LogP contribution in [0.25, 0.3) is 0 Å². The lowest BCUT2D eigenvalue weighted by atomic mass is 9.91. The van der Waals surface area contributed by atoms with Crippen molar-refractivity contribution >= 4 is 0 Å². The van der Waals surface area contributed by atoms with Gasteiger partial charge in [0.05, 0.1) is 6.61 Å². The van der Waals surface area contributed by atoms with E-state index in [0.717, 1.165) is 11.1 Å². The molecule has 1 saturated heterocycles. The van der Waals surface area contributed by atoms with Gasteiger partial charge in [-0.3, -0.25) is 0 Å². The molecule has 130 valence electrons. The Balaban J connectivity index is 1.77. The van der Waals surface area contributed by atoms with Crippen molar-refractivity contribution in [2.75, 3.05) is 6.61 Å². The Hall–Kier alpha value is -2.20. The van der Waals surface area contributed by atoms with E-state index < -0.39 is 37.1 Å². The minimum atomic E-state index is -1.38. The monoisotopic (exact) mass is 340 g/mol. The first-order valence-corrected chi connectivity index (χ1v) is 8.07. The largest absolute Gasteiger partial charge is 0.394 e. The van der Waals surface area contributed by atoms with Crippen molar-refractivity contribution in [3.63, 3.8) is 0 Å². The Morgan fingerprint density at radius 1 is 0.760 bits per heavy atom. The zero-order valence-electron chi connectivity index (χ0n) is 13.5. The zero-order valence-corrected chi connectivity index (χ0v) is 13.5. The van der Waals surface area contributed by atoms with Crippen LogP contribution in [-0.4, -0.2) is 51.4 Å². The van der Waals surface area contributed by atoms with Gasteiger partial charge in [0, 0.05) is 11.1 Å². The Labute approximate surface area is 146 Å². The lowest BCUT2D eigenvalue weighted by molar-refractivity contribution is -0.231. The van der Waals surface area contributed by atoms with Gasteiger partial charge in [0.15, 0.2) is 0 Å². The molecule has 1 unspecified atom stereocenters. The standard InChI is InChI=1S/C20H20O5/c21-12-16-17(22)18(23)19(24)20(25-16)15-10-8-14(9-11-15)7-6-13-4-2-1-3-5-13/h1-5,8-11,16-24H,12H2/t16-,17+,18+,19-,20?/m1/s1. The van der Waals surface area contributed by atoms with E-state index in [1.165, 1.54) is 0 Å². The molecular weight excluding hydrogens is 320 g/mol. The quantitative estimate of drug-likeness (QED) is 0.601. The van der Waals surface area contributed by atoms with Crippen LogP contribution in [0.15, 0.2) is 54.6 Å². The average Bonchev–Trinajstić information content (AvgIpc) is 2.66. The van der Waals surface area contributed by atoms with E-state index in [4.69, 9.17) is 4.74 Å². The number of aliphatic hydroxyl groups is 4. The fourth-order valence-corrected chi connectivity index (χ4v) is 2.80. The third-order valence-electron chi connectivity index (χ3n) is 4.26. The van der Waals surface area contributed by atoms with E-state index in [2.05, 4.69) is 11.8 Å². The Morgan fingerprint density at radius 2 is 1.36 bits per heavy atom. The molecular formula is C20H20O5. The molecule has 1 heterocycles. The highest BCUT2D eigenvalue weighted by Gasteiger charge is 2.43. The van der Waals surface area contributed by atoms with Gasteiger partial charge in [-0.1, -0.05) is 42.2 Å². The first-order chi connectivity index (χ1) is 12.1. The van der Waals surface area contributed by atoms with E-state index in [-0.39, 0.29) is 0 Å². The molecule has 0 aliphatic carbocycles. The second kappa shape index (κ2) is 7.79. The molecule has 5 atom stereocenters. The molecule has 0 radical (unpaired) electrons. The van der Waals surface area contributed by atoms with Gasteiger partial charge in [-0.15, -0.1) is 0 Å². The third kappa shape index (κ3) is 3.90. The van der Waals surface area contributed by atoms with Crippen LogP contribution in [0.1, 0.15) is 22.8 Å². The summed E-state index contributed by atoms with van der Waals surface area (Å²) >= 11 is 0. The Morgan fingerprint density at radius 3 is 1.96 bits per heavy atom. The molecule has 0 amide bonds. The summed E-state index contributed by atoms with van der Waals surface area (Å²) in [5.41, 5.74) is 2.36. The molecule has 1 aliphatic rings. The minimum absolute atomic E-state index is 0.442. The molecule has 0 spiro atoms. The van der Waals surface area contributed by atoms with Crippen LogP contribution in [0.4, 0.5) is 0 Å². The lowest BCUT2D eigenvalue weighted by Crippen LogP contribution is -2.55. The topological polar surface area (TPSA) is 90.2 Å². The van der Waals surface area contributed by atoms with Crippen molar-refractivity contribution in [3.8, 4) is 11.8 Å². The van der Waals surface area contributed by atoms with Crippen LogP contribution >= 0.6 is 0 Å². The molecule has 2 aromatic carbocycles. The second-order valence-corrected chi connectivity index (χ2v) is 5.99. The molecule has 0 aromatic heterocycles. The number of hydrogen-bond acceptors (Lipinski definition) is 5. The summed E-state index contributed by atoms with van der Waals surface area (Å²) in [4.78, 5) is 0. The van der Waals surface area contributed by atoms with Crippen molar-refractivity contribution in [1.82, 2.24) is 0 Å². The number of benzene rings is 2. The van der Waals surface area contributed by atoms with Crippen LogP contribution in [0, 0.1) is 11.8 Å². The van der Waals surface area contributed by atoms with Gasteiger partial charge < -0.3 is 25.2 Å². The lowest BCUT2D eigenvalue weighted by Gasteiger charge is -2.40. The van der Waals surface area contributed by atoms with Gasteiger partial charge in [0.25, 0.3) is 0 Å². The highest BCUT2D eigenvalue weighted by atomic mass is 16.5. The molecule has 3 rings (SSSR count). The normalized spacial score (nSPS) is 28.9. The van der Waals surface area contributed by atoms with Gasteiger partial charge >= 0.3 is 0 Å². The van der Waals surface area contributed by atoms with Crippen LogP contribution in [-0.2, 0) is 4.74 Å². The average molecular weight is 340 g/mol. The van der Waals surface area contributed by atoms with Crippen molar-refractivity contribution < 1.29 is 25.2 Å². The van der Waals surface area contributed by atoms with Crippen LogP contribution in [0.3, 0.4) is 0 Å². The molecule has 1 fully saturated rings. The van der Waals surface area contributed by atoms with Crippen molar-refractivity contribution in [2.24, 2.45) is 0 Å². The first kappa shape index (κ1) is 17.6. The van der Waals surface area contributed by atoms with E-state index in [0.29, 0.717) is 5.56 Å². The van der Waals surface area contributed by atoms with Gasteiger partial charge in [0.2, 0.25) is 0 Å². The molecule has 5 nitrogen and oxygen atoms in total. The van der Waals surface area contributed by atoms with Crippen LogP contribution in [0.5, 0.6) is 0 Å². The number of hydrogen-bond donors (Lipinski definition) is 4. The predicted molar refractivity (Wildman–Crippen MR) is 91.6 cm³/mol. The molecule has 1 aliphatic heterocycles. The number of rotatable bonds is 2. The molecule has 0 saturated carbocycles. The highest BCUT2D eigenvalue weighted by Crippen LogP contribution is 2.32. The summed E-state index contributed by atoms with van der Waals surface area (Å²) < 4.78 is 5.54. The molecule has 0 bridgehead atoms. The maximum absolute atomic E-state index is 10.2. The fourth-order valence-electron chi connectivity index (χ4n) is 2.80. The Bertz CT molecular complexity index is 745. The van der Waals surface area contributed by atoms with Crippen molar-refractivity contribution in [3.05, 3.63) is 71.3 Å². The van der Waals surface area contributed by atoms with Gasteiger partial charge in [0.1, 0.15) is 30.5 Å². The summed E-state index contributed by atoms with van der Waals surface area (Å²) in [6, 6.07) is 16.7. The molecule has 4 N–H and O–H groups in total. The van der Waals surface area contributed by atoms with Gasteiger partial charge in [-0.2, -0.15) is 0 Å². The molecule has 25 heavy (non-hydrogen) atoms. The fraction of sp³-hybridized carbons (Fsp3) is 0.300. The second-order valence-electron chi connectivity index (χ2n) is 5.99. The van der Waals surface area contributed by atoms with E-state index in [9.17, 15) is 20.4 Å². The van der Waals surface area contributed by atoms with Crippen molar-refractivity contribution in [2.45, 2.75) is 30.5 Å². The van der Waals surface area contributed by atoms with Crippen molar-refractivity contribution in [1.29, 1.82) is 0 Å². The smallest absolute Gasteiger partial charge is 0.113 e. The molecule has 5 heteroatoms. The SMILES string of the molecule is OC[C@H]1OC(c2ccc(C#Cc3ccccc3)cc2)[C@H](O)[C@@H](O)[C@H]1O. The highest BCUT2D eigenvalue weighted by molar-refractivity contribution is 5.43. The van der Waals surface area contributed by atoms with Crippen LogP contribution < -0.4 is 0 Å². The number of ether oxygens (including phenoxy) is 1. The first-order valence-electron chi connectivity index (χ1n) is 8.07. The van der Waals surface area contributed by atoms with E-state index in [1.54, 1.807) is 24.3 Å². The third-order valence-corrected chi connectivity index (χ3v) is 4.26. The summed E-state index contributed by atoms with van der Waals surface area (Å²) in [5, 5.41) is 39.1. The summed E-state index contributed by atoms with van der Waals surface area (Å²) in [5.74, 6) is 6.12. The summed E-state index contributed by atoms with van der Waals surface area (Å²) in [6.07, 6.45) is -5.76. The molecule has 2 aromatic rings. The van der Waals surface area contributed by atoms with Gasteiger partial charge in [-0.25, -0.2) is 0 Å².